The molecule has 0 atom stereocenters. The largest absolute Gasteiger partial charge is 0.357 e. The van der Waals surface area contributed by atoms with Gasteiger partial charge in [0.25, 0.3) is 0 Å². The van der Waals surface area contributed by atoms with Crippen molar-refractivity contribution < 1.29 is 13.6 Å². The van der Waals surface area contributed by atoms with Crippen molar-refractivity contribution in [3.63, 3.8) is 0 Å². The van der Waals surface area contributed by atoms with Gasteiger partial charge in [-0.25, -0.2) is 8.78 Å². The molecule has 5 nitrogen and oxygen atoms in total. The van der Waals surface area contributed by atoms with Gasteiger partial charge in [-0.3, -0.25) is 9.79 Å². The Labute approximate surface area is 183 Å². The van der Waals surface area contributed by atoms with Crippen LogP contribution >= 0.6 is 24.0 Å². The zero-order chi connectivity index (χ0) is 19.9. The van der Waals surface area contributed by atoms with Gasteiger partial charge in [0, 0.05) is 27.2 Å². The summed E-state index contributed by atoms with van der Waals surface area (Å²) in [6, 6.07) is 3.46. The summed E-state index contributed by atoms with van der Waals surface area (Å²) in [6.45, 7) is 3.48. The van der Waals surface area contributed by atoms with Crippen LogP contribution < -0.4 is 10.6 Å². The van der Waals surface area contributed by atoms with E-state index >= 15 is 0 Å². The normalized spacial score (nSPS) is 15.7. The Morgan fingerprint density at radius 2 is 1.89 bits per heavy atom. The SMILES string of the molecule is CCNC(=NCC1(C(=O)N(C)C)CCCC1)NCCc1cc(F)ccc1F.I. The third kappa shape index (κ3) is 6.56. The van der Waals surface area contributed by atoms with Crippen molar-refractivity contribution in [1.29, 1.82) is 0 Å². The fourth-order valence-corrected chi connectivity index (χ4v) is 3.59. The number of nitrogens with zero attached hydrogens (tertiary/aromatic N) is 2. The van der Waals surface area contributed by atoms with Crippen LogP contribution in [0.2, 0.25) is 0 Å². The minimum atomic E-state index is -0.447. The molecule has 1 amide bonds. The second-order valence-corrected chi connectivity index (χ2v) is 7.29. The highest BCUT2D eigenvalue weighted by molar-refractivity contribution is 14.0. The van der Waals surface area contributed by atoms with Gasteiger partial charge in [-0.15, -0.1) is 24.0 Å². The van der Waals surface area contributed by atoms with E-state index in [9.17, 15) is 13.6 Å². The average molecular weight is 508 g/mol. The maximum atomic E-state index is 13.7. The molecule has 0 unspecified atom stereocenters. The quantitative estimate of drug-likeness (QED) is 0.338. The number of rotatable bonds is 7. The highest BCUT2D eigenvalue weighted by atomic mass is 127. The second-order valence-electron chi connectivity index (χ2n) is 7.29. The molecule has 28 heavy (non-hydrogen) atoms. The molecule has 1 aromatic rings. The van der Waals surface area contributed by atoms with Crippen molar-refractivity contribution in [1.82, 2.24) is 15.5 Å². The third-order valence-corrected chi connectivity index (χ3v) is 5.00. The van der Waals surface area contributed by atoms with E-state index in [1.165, 1.54) is 6.07 Å². The van der Waals surface area contributed by atoms with Crippen LogP contribution in [0, 0.1) is 17.0 Å². The van der Waals surface area contributed by atoms with Crippen molar-refractivity contribution in [3.05, 3.63) is 35.4 Å². The van der Waals surface area contributed by atoms with Crippen LogP contribution in [0.5, 0.6) is 0 Å². The number of carbonyl (C=O) groups is 1. The number of carbonyl (C=O) groups excluding carboxylic acids is 1. The molecule has 158 valence electrons. The van der Waals surface area contributed by atoms with Crippen LogP contribution in [0.25, 0.3) is 0 Å². The molecule has 2 rings (SSSR count). The second kappa shape index (κ2) is 11.5. The number of hydrogen-bond donors (Lipinski definition) is 2. The summed E-state index contributed by atoms with van der Waals surface area (Å²) in [7, 11) is 3.56. The van der Waals surface area contributed by atoms with Crippen LogP contribution in [0.15, 0.2) is 23.2 Å². The molecule has 0 saturated heterocycles. The molecule has 2 N–H and O–H groups in total. The maximum Gasteiger partial charge on any atom is 0.230 e. The Hall–Kier alpha value is -1.45. The Morgan fingerprint density at radius 1 is 1.21 bits per heavy atom. The van der Waals surface area contributed by atoms with E-state index in [1.54, 1.807) is 19.0 Å². The lowest BCUT2D eigenvalue weighted by Crippen LogP contribution is -2.43. The predicted octanol–water partition coefficient (Wildman–Crippen LogP) is 3.33. The van der Waals surface area contributed by atoms with Gasteiger partial charge in [-0.1, -0.05) is 12.8 Å². The first kappa shape index (κ1) is 24.6. The number of benzene rings is 1. The lowest BCUT2D eigenvalue weighted by molar-refractivity contribution is -0.138. The number of hydrogen-bond acceptors (Lipinski definition) is 2. The fourth-order valence-electron chi connectivity index (χ4n) is 3.59. The monoisotopic (exact) mass is 508 g/mol. The number of guanidine groups is 1. The summed E-state index contributed by atoms with van der Waals surface area (Å²) in [5.41, 5.74) is -0.103. The average Bonchev–Trinajstić information content (AvgIpc) is 3.12. The van der Waals surface area contributed by atoms with Crippen LogP contribution in [0.4, 0.5) is 8.78 Å². The van der Waals surface area contributed by atoms with Crippen molar-refractivity contribution in [2.45, 2.75) is 39.0 Å². The summed E-state index contributed by atoms with van der Waals surface area (Å²) in [5.74, 6) is -0.146. The molecule has 1 saturated carbocycles. The Kier molecular flexibility index (Phi) is 10.1. The van der Waals surface area contributed by atoms with Crippen LogP contribution in [0.1, 0.15) is 38.2 Å². The van der Waals surface area contributed by atoms with E-state index in [-0.39, 0.29) is 29.9 Å². The van der Waals surface area contributed by atoms with Crippen molar-refractivity contribution in [2.24, 2.45) is 10.4 Å². The minimum absolute atomic E-state index is 0. The standard InChI is InChI=1S/C20H30F2N4O.HI/c1-4-23-19(24-12-9-15-13-16(21)7-8-17(15)22)25-14-20(10-5-6-11-20)18(27)26(2)3;/h7-8,13H,4-6,9-12,14H2,1-3H3,(H2,23,24,25);1H. The first-order chi connectivity index (χ1) is 12.9. The summed E-state index contributed by atoms with van der Waals surface area (Å²) in [5, 5.41) is 6.30. The Morgan fingerprint density at radius 3 is 2.50 bits per heavy atom. The molecule has 0 aliphatic heterocycles. The highest BCUT2D eigenvalue weighted by Crippen LogP contribution is 2.39. The van der Waals surface area contributed by atoms with E-state index in [2.05, 4.69) is 15.6 Å². The Bertz CT molecular complexity index is 676. The molecule has 1 aliphatic rings. The molecule has 0 bridgehead atoms. The van der Waals surface area contributed by atoms with E-state index in [4.69, 9.17) is 0 Å². The fraction of sp³-hybridized carbons (Fsp3) is 0.600. The van der Waals surface area contributed by atoms with E-state index in [0.29, 0.717) is 37.6 Å². The van der Waals surface area contributed by atoms with Crippen molar-refractivity contribution >= 4 is 35.8 Å². The molecule has 1 aromatic carbocycles. The summed E-state index contributed by atoms with van der Waals surface area (Å²) < 4.78 is 27.0. The lowest BCUT2D eigenvalue weighted by atomic mass is 9.85. The molecule has 1 fully saturated rings. The zero-order valence-corrected chi connectivity index (χ0v) is 19.2. The molecular weight excluding hydrogens is 477 g/mol. The molecular formula is C20H31F2IN4O. The number of aliphatic imine (C=N–C) groups is 1. The topological polar surface area (TPSA) is 56.7 Å². The third-order valence-electron chi connectivity index (χ3n) is 5.00. The Balaban J connectivity index is 0.00000392. The van der Waals surface area contributed by atoms with Crippen LogP contribution in [0.3, 0.4) is 0 Å². The van der Waals surface area contributed by atoms with Gasteiger partial charge in [0.15, 0.2) is 5.96 Å². The summed E-state index contributed by atoms with van der Waals surface area (Å²) in [4.78, 5) is 18.9. The van der Waals surface area contributed by atoms with Gasteiger partial charge in [-0.2, -0.15) is 0 Å². The molecule has 0 aromatic heterocycles. The van der Waals surface area contributed by atoms with Crippen LogP contribution in [-0.2, 0) is 11.2 Å². The van der Waals surface area contributed by atoms with E-state index in [0.717, 1.165) is 37.8 Å². The molecule has 1 aliphatic carbocycles. The lowest BCUT2D eigenvalue weighted by Gasteiger charge is -2.29. The zero-order valence-electron chi connectivity index (χ0n) is 16.9. The van der Waals surface area contributed by atoms with E-state index in [1.807, 2.05) is 6.92 Å². The van der Waals surface area contributed by atoms with Gasteiger partial charge in [0.1, 0.15) is 11.6 Å². The van der Waals surface area contributed by atoms with Gasteiger partial charge in [-0.05, 0) is 49.9 Å². The smallest absolute Gasteiger partial charge is 0.230 e. The van der Waals surface area contributed by atoms with E-state index < -0.39 is 17.0 Å². The predicted molar refractivity (Wildman–Crippen MR) is 119 cm³/mol. The van der Waals surface area contributed by atoms with Gasteiger partial charge in [0.05, 0.1) is 12.0 Å². The van der Waals surface area contributed by atoms with Gasteiger partial charge in [0.2, 0.25) is 5.91 Å². The number of halogens is 3. The van der Waals surface area contributed by atoms with Gasteiger partial charge < -0.3 is 15.5 Å². The first-order valence-corrected chi connectivity index (χ1v) is 9.56. The first-order valence-electron chi connectivity index (χ1n) is 9.56. The summed E-state index contributed by atoms with van der Waals surface area (Å²) >= 11 is 0. The van der Waals surface area contributed by atoms with Crippen LogP contribution in [-0.4, -0.2) is 50.5 Å². The molecule has 8 heteroatoms. The van der Waals surface area contributed by atoms with Gasteiger partial charge >= 0.3 is 0 Å². The molecule has 0 radical (unpaired) electrons. The highest BCUT2D eigenvalue weighted by Gasteiger charge is 2.42. The minimum Gasteiger partial charge on any atom is -0.357 e. The molecule has 0 spiro atoms. The number of nitrogens with one attached hydrogen (secondary N) is 2. The molecule has 0 heterocycles. The summed E-state index contributed by atoms with van der Waals surface area (Å²) in [6.07, 6.45) is 4.12. The maximum absolute atomic E-state index is 13.7. The van der Waals surface area contributed by atoms with Crippen molar-refractivity contribution in [2.75, 3.05) is 33.7 Å². The number of amides is 1. The van der Waals surface area contributed by atoms with Crippen molar-refractivity contribution in [3.8, 4) is 0 Å².